The standard InChI is InChI=1S/C24H44O5/c1-4-5-6-7-8-9-10-11-12-13-14-15-16-17-18-19-20-28-24(27)22(3)29-23(26)21(2)25/h11-12,21-22,25H,4-10,13-20H2,1-3H3. The van der Waals surface area contributed by atoms with Gasteiger partial charge < -0.3 is 14.6 Å². The van der Waals surface area contributed by atoms with Crippen LogP contribution in [0.2, 0.25) is 0 Å². The molecule has 0 aromatic heterocycles. The Kier molecular flexibility index (Phi) is 19.0. The van der Waals surface area contributed by atoms with Crippen LogP contribution in [0.1, 0.15) is 111 Å². The lowest BCUT2D eigenvalue weighted by Crippen LogP contribution is -2.30. The number of hydrogen-bond donors (Lipinski definition) is 1. The fourth-order valence-electron chi connectivity index (χ4n) is 2.96. The molecule has 29 heavy (non-hydrogen) atoms. The highest BCUT2D eigenvalue weighted by atomic mass is 16.6. The van der Waals surface area contributed by atoms with Gasteiger partial charge in [-0.15, -0.1) is 0 Å². The second-order valence-corrected chi connectivity index (χ2v) is 7.86. The molecular weight excluding hydrogens is 368 g/mol. The smallest absolute Gasteiger partial charge is 0.347 e. The number of unbranched alkanes of at least 4 members (excludes halogenated alkanes) is 12. The molecule has 0 radical (unpaired) electrons. The molecule has 0 aliphatic carbocycles. The third-order valence-electron chi connectivity index (χ3n) is 4.87. The summed E-state index contributed by atoms with van der Waals surface area (Å²) in [4.78, 5) is 22.9. The van der Waals surface area contributed by atoms with Crippen LogP contribution in [-0.4, -0.2) is 35.9 Å². The van der Waals surface area contributed by atoms with Crippen molar-refractivity contribution in [2.45, 2.75) is 123 Å². The van der Waals surface area contributed by atoms with E-state index in [1.54, 1.807) is 0 Å². The van der Waals surface area contributed by atoms with Crippen LogP contribution >= 0.6 is 0 Å². The third kappa shape index (κ3) is 18.4. The second-order valence-electron chi connectivity index (χ2n) is 7.86. The Morgan fingerprint density at radius 1 is 0.759 bits per heavy atom. The Bertz CT molecular complexity index is 431. The summed E-state index contributed by atoms with van der Waals surface area (Å²) in [6.45, 7) is 5.35. The largest absolute Gasteiger partial charge is 0.463 e. The molecule has 0 aromatic rings. The van der Waals surface area contributed by atoms with Crippen molar-refractivity contribution < 1.29 is 24.2 Å². The maximum absolute atomic E-state index is 11.7. The molecule has 0 bridgehead atoms. The fraction of sp³-hybridized carbons (Fsp3) is 0.833. The van der Waals surface area contributed by atoms with Crippen LogP contribution in [0.4, 0.5) is 0 Å². The summed E-state index contributed by atoms with van der Waals surface area (Å²) in [6.07, 6.45) is 19.7. The summed E-state index contributed by atoms with van der Waals surface area (Å²) in [7, 11) is 0. The van der Waals surface area contributed by atoms with Crippen LogP contribution < -0.4 is 0 Å². The molecule has 5 nitrogen and oxygen atoms in total. The Morgan fingerprint density at radius 2 is 1.24 bits per heavy atom. The summed E-state index contributed by atoms with van der Waals surface area (Å²) in [5, 5.41) is 9.05. The van der Waals surface area contributed by atoms with Crippen molar-refractivity contribution in [3.63, 3.8) is 0 Å². The minimum Gasteiger partial charge on any atom is -0.463 e. The molecule has 1 N–H and O–H groups in total. The molecule has 0 fully saturated rings. The maximum Gasteiger partial charge on any atom is 0.347 e. The fourth-order valence-corrected chi connectivity index (χ4v) is 2.96. The summed E-state index contributed by atoms with van der Waals surface area (Å²) in [5.74, 6) is -1.38. The van der Waals surface area contributed by atoms with Gasteiger partial charge in [0.15, 0.2) is 6.10 Å². The Balaban J connectivity index is 3.37. The summed E-state index contributed by atoms with van der Waals surface area (Å²) >= 11 is 0. The molecule has 0 saturated carbocycles. The molecule has 0 amide bonds. The van der Waals surface area contributed by atoms with Gasteiger partial charge in [0, 0.05) is 0 Å². The molecule has 0 heterocycles. The lowest BCUT2D eigenvalue weighted by atomic mass is 10.1. The highest BCUT2D eigenvalue weighted by molar-refractivity contribution is 5.80. The van der Waals surface area contributed by atoms with Gasteiger partial charge in [0.2, 0.25) is 0 Å². The molecule has 2 atom stereocenters. The number of rotatable bonds is 19. The molecule has 5 heteroatoms. The first-order chi connectivity index (χ1) is 14.0. The van der Waals surface area contributed by atoms with Crippen molar-refractivity contribution in [3.05, 3.63) is 12.2 Å². The first-order valence-corrected chi connectivity index (χ1v) is 11.7. The first kappa shape index (κ1) is 27.6. The minimum atomic E-state index is -1.24. The van der Waals surface area contributed by atoms with E-state index in [0.29, 0.717) is 6.61 Å². The number of esters is 2. The minimum absolute atomic E-state index is 0.344. The topological polar surface area (TPSA) is 72.8 Å². The molecule has 170 valence electrons. The second kappa shape index (κ2) is 19.9. The van der Waals surface area contributed by atoms with Gasteiger partial charge in [-0.05, 0) is 46.0 Å². The van der Waals surface area contributed by atoms with Crippen LogP contribution in [0.3, 0.4) is 0 Å². The van der Waals surface area contributed by atoms with Crippen LogP contribution in [0.25, 0.3) is 0 Å². The van der Waals surface area contributed by atoms with E-state index in [4.69, 9.17) is 14.6 Å². The summed E-state index contributed by atoms with van der Waals surface area (Å²) < 4.78 is 9.88. The zero-order valence-corrected chi connectivity index (χ0v) is 19.0. The lowest BCUT2D eigenvalue weighted by Gasteiger charge is -2.13. The molecule has 0 spiro atoms. The van der Waals surface area contributed by atoms with Gasteiger partial charge in [-0.3, -0.25) is 0 Å². The summed E-state index contributed by atoms with van der Waals surface area (Å²) in [5.41, 5.74) is 0. The van der Waals surface area contributed by atoms with Gasteiger partial charge in [-0.25, -0.2) is 9.59 Å². The van der Waals surface area contributed by atoms with Crippen molar-refractivity contribution >= 4 is 11.9 Å². The number of carbonyl (C=O) groups is 2. The predicted molar refractivity (Wildman–Crippen MR) is 118 cm³/mol. The van der Waals surface area contributed by atoms with Gasteiger partial charge in [-0.1, -0.05) is 76.9 Å². The zero-order chi connectivity index (χ0) is 21.7. The van der Waals surface area contributed by atoms with Crippen molar-refractivity contribution in [1.29, 1.82) is 0 Å². The number of carbonyl (C=O) groups excluding carboxylic acids is 2. The average Bonchev–Trinajstić information content (AvgIpc) is 2.69. The molecule has 0 aromatic carbocycles. The van der Waals surface area contributed by atoms with E-state index in [1.807, 2.05) is 0 Å². The van der Waals surface area contributed by atoms with E-state index in [-0.39, 0.29) is 0 Å². The van der Waals surface area contributed by atoms with Crippen LogP contribution in [-0.2, 0) is 19.1 Å². The molecular formula is C24H44O5. The highest BCUT2D eigenvalue weighted by Gasteiger charge is 2.21. The monoisotopic (exact) mass is 412 g/mol. The molecule has 2 unspecified atom stereocenters. The van der Waals surface area contributed by atoms with Crippen molar-refractivity contribution in [1.82, 2.24) is 0 Å². The van der Waals surface area contributed by atoms with Gasteiger partial charge in [0.25, 0.3) is 0 Å². The van der Waals surface area contributed by atoms with Crippen molar-refractivity contribution in [3.8, 4) is 0 Å². The van der Waals surface area contributed by atoms with Crippen molar-refractivity contribution in [2.24, 2.45) is 0 Å². The molecule has 0 rings (SSSR count). The normalized spacial score (nSPS) is 13.4. The van der Waals surface area contributed by atoms with Gasteiger partial charge in [-0.2, -0.15) is 0 Å². The number of aliphatic hydroxyl groups is 1. The van der Waals surface area contributed by atoms with E-state index in [9.17, 15) is 9.59 Å². The van der Waals surface area contributed by atoms with E-state index < -0.39 is 24.1 Å². The Hall–Kier alpha value is -1.36. The van der Waals surface area contributed by atoms with E-state index in [2.05, 4.69) is 19.1 Å². The lowest BCUT2D eigenvalue weighted by molar-refractivity contribution is -0.171. The number of aliphatic hydroxyl groups excluding tert-OH is 1. The van der Waals surface area contributed by atoms with Gasteiger partial charge in [0.05, 0.1) is 6.61 Å². The van der Waals surface area contributed by atoms with Crippen LogP contribution in [0, 0.1) is 0 Å². The Morgan fingerprint density at radius 3 is 1.76 bits per heavy atom. The average molecular weight is 413 g/mol. The molecule has 0 aliphatic heterocycles. The van der Waals surface area contributed by atoms with Gasteiger partial charge in [0.1, 0.15) is 6.10 Å². The van der Waals surface area contributed by atoms with Gasteiger partial charge >= 0.3 is 11.9 Å². The zero-order valence-electron chi connectivity index (χ0n) is 19.0. The maximum atomic E-state index is 11.7. The van der Waals surface area contributed by atoms with Crippen LogP contribution in [0.15, 0.2) is 12.2 Å². The van der Waals surface area contributed by atoms with Crippen molar-refractivity contribution in [2.75, 3.05) is 6.61 Å². The number of ether oxygens (including phenoxy) is 2. The molecule has 0 aliphatic rings. The number of allylic oxidation sites excluding steroid dienone is 2. The van der Waals surface area contributed by atoms with E-state index in [1.165, 1.54) is 84.5 Å². The summed E-state index contributed by atoms with van der Waals surface area (Å²) in [6, 6.07) is 0. The first-order valence-electron chi connectivity index (χ1n) is 11.7. The van der Waals surface area contributed by atoms with E-state index in [0.717, 1.165) is 19.3 Å². The Labute approximate surface area is 178 Å². The third-order valence-corrected chi connectivity index (χ3v) is 4.87. The SMILES string of the molecule is CCCCCCCCC=CCCCCCCCCOC(=O)C(C)OC(=O)C(C)O. The number of hydrogen-bond acceptors (Lipinski definition) is 5. The molecule has 0 saturated heterocycles. The highest BCUT2D eigenvalue weighted by Crippen LogP contribution is 2.10. The van der Waals surface area contributed by atoms with E-state index >= 15 is 0 Å². The predicted octanol–water partition coefficient (Wildman–Crippen LogP) is 5.88. The van der Waals surface area contributed by atoms with Crippen LogP contribution in [0.5, 0.6) is 0 Å². The quantitative estimate of drug-likeness (QED) is 0.163.